The van der Waals surface area contributed by atoms with Gasteiger partial charge >= 0.3 is 0 Å². The molecule has 1 unspecified atom stereocenters. The number of ether oxygens (including phenoxy) is 1. The van der Waals surface area contributed by atoms with E-state index in [0.29, 0.717) is 11.7 Å². The van der Waals surface area contributed by atoms with Crippen LogP contribution in [0.15, 0.2) is 24.3 Å². The maximum Gasteiger partial charge on any atom is 0.259 e. The third-order valence-electron chi connectivity index (χ3n) is 4.05. The number of nitrogens with one attached hydrogen (secondary N) is 1. The van der Waals surface area contributed by atoms with Gasteiger partial charge in [-0.15, -0.1) is 0 Å². The van der Waals surface area contributed by atoms with Crippen LogP contribution >= 0.6 is 0 Å². The number of benzene rings is 1. The fourth-order valence-electron chi connectivity index (χ4n) is 2.61. The van der Waals surface area contributed by atoms with Gasteiger partial charge in [-0.05, 0) is 44.7 Å². The van der Waals surface area contributed by atoms with Gasteiger partial charge in [0.15, 0.2) is 6.61 Å². The van der Waals surface area contributed by atoms with Crippen molar-refractivity contribution in [3.8, 4) is 11.9 Å². The lowest BCUT2D eigenvalue weighted by Crippen LogP contribution is -2.48. The Morgan fingerprint density at radius 1 is 1.43 bits per heavy atom. The summed E-state index contributed by atoms with van der Waals surface area (Å²) in [5.74, 6) is 0.882. The van der Waals surface area contributed by atoms with E-state index in [1.165, 1.54) is 0 Å². The maximum atomic E-state index is 12.1. The van der Waals surface area contributed by atoms with Gasteiger partial charge in [-0.25, -0.2) is 4.98 Å². The molecule has 1 aromatic heterocycles. The van der Waals surface area contributed by atoms with E-state index >= 15 is 0 Å². The molecule has 1 aliphatic carbocycles. The minimum absolute atomic E-state index is 0.176. The molecule has 1 aromatic carbocycles. The number of hydrogen-bond donors (Lipinski definition) is 1. The minimum atomic E-state index is -0.815. The van der Waals surface area contributed by atoms with Crippen LogP contribution in [0.25, 0.3) is 10.9 Å². The summed E-state index contributed by atoms with van der Waals surface area (Å²) in [4.78, 5) is 20.7. The van der Waals surface area contributed by atoms with Gasteiger partial charge in [0, 0.05) is 0 Å². The summed E-state index contributed by atoms with van der Waals surface area (Å²) in [5.41, 5.74) is -0.0420. The number of nitriles is 1. The van der Waals surface area contributed by atoms with Crippen LogP contribution in [0, 0.1) is 24.2 Å². The average Bonchev–Trinajstić information content (AvgIpc) is 3.37. The van der Waals surface area contributed by atoms with Crippen LogP contribution in [-0.4, -0.2) is 28.0 Å². The molecule has 1 atom stereocenters. The van der Waals surface area contributed by atoms with Crippen molar-refractivity contribution in [3.05, 3.63) is 30.1 Å². The van der Waals surface area contributed by atoms with Gasteiger partial charge in [0.1, 0.15) is 11.4 Å². The van der Waals surface area contributed by atoms with Crippen molar-refractivity contribution < 1.29 is 9.53 Å². The lowest BCUT2D eigenvalue weighted by molar-refractivity contribution is -0.124. The predicted molar refractivity (Wildman–Crippen MR) is 84.7 cm³/mol. The molecule has 23 heavy (non-hydrogen) atoms. The first-order valence-electron chi connectivity index (χ1n) is 7.60. The van der Waals surface area contributed by atoms with Crippen molar-refractivity contribution in [3.63, 3.8) is 0 Å². The van der Waals surface area contributed by atoms with E-state index in [1.54, 1.807) is 13.8 Å². The molecule has 0 spiro atoms. The maximum absolute atomic E-state index is 12.1. The standard InChI is InChI=1S/C17H18N4O2/c1-11-19-14-6-4-3-5-13(14)16(20-11)23-9-15(22)21-17(2,10-18)12-7-8-12/h3-6,12H,7-9H2,1-2H3,(H,21,22). The largest absolute Gasteiger partial charge is 0.467 e. The third-order valence-corrected chi connectivity index (χ3v) is 4.05. The molecule has 1 N–H and O–H groups in total. The van der Waals surface area contributed by atoms with Crippen molar-refractivity contribution in [1.29, 1.82) is 5.26 Å². The number of carbonyl (C=O) groups excluding carboxylic acids is 1. The van der Waals surface area contributed by atoms with Gasteiger partial charge in [-0.1, -0.05) is 12.1 Å². The van der Waals surface area contributed by atoms with Gasteiger partial charge in [0.05, 0.1) is 17.0 Å². The Kier molecular flexibility index (Phi) is 3.87. The number of aryl methyl sites for hydroxylation is 1. The highest BCUT2D eigenvalue weighted by Gasteiger charge is 2.43. The number of hydrogen-bond acceptors (Lipinski definition) is 5. The minimum Gasteiger partial charge on any atom is -0.467 e. The molecule has 6 heteroatoms. The molecule has 0 bridgehead atoms. The van der Waals surface area contributed by atoms with Crippen LogP contribution in [0.3, 0.4) is 0 Å². The van der Waals surface area contributed by atoms with E-state index < -0.39 is 5.54 Å². The van der Waals surface area contributed by atoms with Crippen LogP contribution in [-0.2, 0) is 4.79 Å². The zero-order valence-electron chi connectivity index (χ0n) is 13.2. The molecule has 118 valence electrons. The zero-order chi connectivity index (χ0) is 16.4. The van der Waals surface area contributed by atoms with Crippen LogP contribution in [0.4, 0.5) is 0 Å². The molecule has 6 nitrogen and oxygen atoms in total. The molecule has 1 amide bonds. The second kappa shape index (κ2) is 5.84. The lowest BCUT2D eigenvalue weighted by atomic mass is 9.98. The molecule has 0 radical (unpaired) electrons. The van der Waals surface area contributed by atoms with E-state index in [9.17, 15) is 10.1 Å². The monoisotopic (exact) mass is 310 g/mol. The van der Waals surface area contributed by atoms with E-state index in [2.05, 4.69) is 21.4 Å². The number of para-hydroxylation sites is 1. The van der Waals surface area contributed by atoms with Crippen LogP contribution in [0.1, 0.15) is 25.6 Å². The molecule has 1 fully saturated rings. The molecule has 2 aromatic rings. The number of amides is 1. The summed E-state index contributed by atoms with van der Waals surface area (Å²) in [6, 6.07) is 9.68. The molecular formula is C17H18N4O2. The van der Waals surface area contributed by atoms with Crippen molar-refractivity contribution in [2.45, 2.75) is 32.2 Å². The van der Waals surface area contributed by atoms with Crippen molar-refractivity contribution in [1.82, 2.24) is 15.3 Å². The molecule has 3 rings (SSSR count). The fourth-order valence-corrected chi connectivity index (χ4v) is 2.61. The summed E-state index contributed by atoms with van der Waals surface area (Å²) in [6.07, 6.45) is 1.95. The van der Waals surface area contributed by atoms with Crippen LogP contribution in [0.5, 0.6) is 5.88 Å². The summed E-state index contributed by atoms with van der Waals surface area (Å²) >= 11 is 0. The Morgan fingerprint density at radius 2 is 2.17 bits per heavy atom. The molecule has 0 saturated heterocycles. The number of aromatic nitrogens is 2. The topological polar surface area (TPSA) is 87.9 Å². The zero-order valence-corrected chi connectivity index (χ0v) is 13.2. The SMILES string of the molecule is Cc1nc(OCC(=O)NC(C)(C#N)C2CC2)c2ccccc2n1. The Labute approximate surface area is 134 Å². The number of fused-ring (bicyclic) bond motifs is 1. The summed E-state index contributed by atoms with van der Waals surface area (Å²) < 4.78 is 5.58. The summed E-state index contributed by atoms with van der Waals surface area (Å²) in [7, 11) is 0. The van der Waals surface area contributed by atoms with Gasteiger partial charge < -0.3 is 10.1 Å². The Bertz CT molecular complexity index is 795. The molecular weight excluding hydrogens is 292 g/mol. The Balaban J connectivity index is 1.71. The second-order valence-corrected chi connectivity index (χ2v) is 6.02. The first-order valence-corrected chi connectivity index (χ1v) is 7.60. The predicted octanol–water partition coefficient (Wildman–Crippen LogP) is 2.13. The second-order valence-electron chi connectivity index (χ2n) is 6.02. The Hall–Kier alpha value is -2.68. The quantitative estimate of drug-likeness (QED) is 0.914. The first-order chi connectivity index (χ1) is 11.0. The lowest BCUT2D eigenvalue weighted by Gasteiger charge is -2.22. The van der Waals surface area contributed by atoms with Gasteiger partial charge in [0.25, 0.3) is 5.91 Å². The van der Waals surface area contributed by atoms with E-state index in [4.69, 9.17) is 4.74 Å². The van der Waals surface area contributed by atoms with E-state index in [1.807, 2.05) is 24.3 Å². The molecule has 1 heterocycles. The number of rotatable bonds is 5. The van der Waals surface area contributed by atoms with Crippen molar-refractivity contribution in [2.75, 3.05) is 6.61 Å². The summed E-state index contributed by atoms with van der Waals surface area (Å²) in [6.45, 7) is 3.36. The summed E-state index contributed by atoms with van der Waals surface area (Å²) in [5, 5.41) is 12.8. The first kappa shape index (κ1) is 15.2. The highest BCUT2D eigenvalue weighted by Crippen LogP contribution is 2.39. The normalized spacial score (nSPS) is 16.4. The van der Waals surface area contributed by atoms with Gasteiger partial charge in [-0.2, -0.15) is 10.2 Å². The number of carbonyl (C=O) groups is 1. The molecule has 0 aliphatic heterocycles. The third kappa shape index (κ3) is 3.24. The Morgan fingerprint density at radius 3 is 2.87 bits per heavy atom. The van der Waals surface area contributed by atoms with Crippen LogP contribution < -0.4 is 10.1 Å². The highest BCUT2D eigenvalue weighted by atomic mass is 16.5. The fraction of sp³-hybridized carbons (Fsp3) is 0.412. The van der Waals surface area contributed by atoms with Gasteiger partial charge in [0.2, 0.25) is 5.88 Å². The average molecular weight is 310 g/mol. The highest BCUT2D eigenvalue weighted by molar-refractivity contribution is 5.84. The molecule has 1 saturated carbocycles. The smallest absolute Gasteiger partial charge is 0.259 e. The number of nitrogens with zero attached hydrogens (tertiary/aromatic N) is 3. The van der Waals surface area contributed by atoms with Crippen LogP contribution in [0.2, 0.25) is 0 Å². The van der Waals surface area contributed by atoms with E-state index in [0.717, 1.165) is 23.7 Å². The van der Waals surface area contributed by atoms with E-state index in [-0.39, 0.29) is 18.4 Å². The van der Waals surface area contributed by atoms with Gasteiger partial charge in [-0.3, -0.25) is 4.79 Å². The van der Waals surface area contributed by atoms with Crippen molar-refractivity contribution in [2.24, 2.45) is 5.92 Å². The molecule has 1 aliphatic rings. The van der Waals surface area contributed by atoms with Crippen molar-refractivity contribution >= 4 is 16.8 Å².